The second-order valence-electron chi connectivity index (χ2n) is 5.84. The van der Waals surface area contributed by atoms with Crippen LogP contribution in [-0.4, -0.2) is 22.1 Å². The van der Waals surface area contributed by atoms with Crippen LogP contribution in [0.25, 0.3) is 10.9 Å². The normalized spacial score (nSPS) is 10.6. The van der Waals surface area contributed by atoms with Crippen LogP contribution >= 0.6 is 0 Å². The van der Waals surface area contributed by atoms with Crippen molar-refractivity contribution in [3.63, 3.8) is 0 Å². The van der Waals surface area contributed by atoms with Crippen molar-refractivity contribution >= 4 is 39.6 Å². The minimum Gasteiger partial charge on any atom is -0.497 e. The summed E-state index contributed by atoms with van der Waals surface area (Å²) in [6.45, 7) is 0. The van der Waals surface area contributed by atoms with Crippen molar-refractivity contribution in [1.82, 2.24) is 15.0 Å². The highest BCUT2D eigenvalue weighted by atomic mass is 16.5. The van der Waals surface area contributed by atoms with Crippen LogP contribution in [0, 0.1) is 0 Å². The van der Waals surface area contributed by atoms with Gasteiger partial charge in [0.05, 0.1) is 18.3 Å². The summed E-state index contributed by atoms with van der Waals surface area (Å²) in [5, 5.41) is 7.49. The smallest absolute Gasteiger partial charge is 0.159 e. The summed E-state index contributed by atoms with van der Waals surface area (Å²) in [5.74, 6) is 1.81. The number of hydrogen-bond acceptors (Lipinski definition) is 7. The number of hydrogen-bond donors (Lipinski definition) is 3. The minimum atomic E-state index is 0.418. The highest BCUT2D eigenvalue weighted by Crippen LogP contribution is 2.30. The average Bonchev–Trinajstić information content (AvgIpc) is 2.72. The summed E-state index contributed by atoms with van der Waals surface area (Å²) in [6.07, 6.45) is 3.22. The second kappa shape index (κ2) is 7.17. The number of benzene rings is 2. The standard InChI is InChI=1S/C20H18N6O/c1-27-15-9-7-14(8-10-15)25-19-17(21)20(24-12-23-19)26-16-6-2-4-13-5-3-11-22-18(13)16/h2-12H,21H2,1H3,(H2,23,24,25,26). The van der Waals surface area contributed by atoms with E-state index in [2.05, 4.69) is 25.6 Å². The molecule has 4 rings (SSSR count). The third kappa shape index (κ3) is 3.43. The summed E-state index contributed by atoms with van der Waals surface area (Å²) in [7, 11) is 1.63. The maximum atomic E-state index is 6.28. The molecule has 0 saturated heterocycles. The van der Waals surface area contributed by atoms with E-state index in [0.29, 0.717) is 17.3 Å². The highest BCUT2D eigenvalue weighted by molar-refractivity contribution is 5.93. The molecular formula is C20H18N6O. The van der Waals surface area contributed by atoms with Gasteiger partial charge in [0.2, 0.25) is 0 Å². The fourth-order valence-electron chi connectivity index (χ4n) is 2.74. The van der Waals surface area contributed by atoms with Gasteiger partial charge in [-0.2, -0.15) is 0 Å². The predicted molar refractivity (Wildman–Crippen MR) is 108 cm³/mol. The van der Waals surface area contributed by atoms with Gasteiger partial charge in [0.15, 0.2) is 11.6 Å². The molecular weight excluding hydrogens is 340 g/mol. The number of methoxy groups -OCH3 is 1. The summed E-state index contributed by atoms with van der Waals surface area (Å²) in [6, 6.07) is 17.3. The van der Waals surface area contributed by atoms with Crippen molar-refractivity contribution in [3.05, 3.63) is 67.1 Å². The van der Waals surface area contributed by atoms with Gasteiger partial charge in [-0.3, -0.25) is 4.98 Å². The molecule has 7 nitrogen and oxygen atoms in total. The summed E-state index contributed by atoms with van der Waals surface area (Å²) < 4.78 is 5.17. The number of nitrogen functional groups attached to an aromatic ring is 1. The van der Waals surface area contributed by atoms with E-state index in [1.807, 2.05) is 54.6 Å². The zero-order chi connectivity index (χ0) is 18.6. The molecule has 0 aliphatic carbocycles. The lowest BCUT2D eigenvalue weighted by Crippen LogP contribution is -2.05. The van der Waals surface area contributed by atoms with Crippen LogP contribution in [0.15, 0.2) is 67.1 Å². The molecule has 0 aliphatic rings. The molecule has 2 heterocycles. The number of aromatic nitrogens is 3. The molecule has 0 bridgehead atoms. The first-order valence-corrected chi connectivity index (χ1v) is 8.37. The average molecular weight is 358 g/mol. The Labute approximate surface area is 156 Å². The lowest BCUT2D eigenvalue weighted by Gasteiger charge is -2.13. The largest absolute Gasteiger partial charge is 0.497 e. The first-order valence-electron chi connectivity index (χ1n) is 8.37. The van der Waals surface area contributed by atoms with Crippen LogP contribution in [0.3, 0.4) is 0 Å². The Bertz CT molecular complexity index is 1080. The van der Waals surface area contributed by atoms with E-state index in [9.17, 15) is 0 Å². The number of nitrogens with two attached hydrogens (primary N) is 1. The minimum absolute atomic E-state index is 0.418. The topological polar surface area (TPSA) is 98.0 Å². The quantitative estimate of drug-likeness (QED) is 0.494. The molecule has 7 heteroatoms. The van der Waals surface area contributed by atoms with Crippen LogP contribution in [0.4, 0.5) is 28.7 Å². The zero-order valence-electron chi connectivity index (χ0n) is 14.7. The van der Waals surface area contributed by atoms with Crippen molar-refractivity contribution in [1.29, 1.82) is 0 Å². The third-order valence-corrected chi connectivity index (χ3v) is 4.12. The van der Waals surface area contributed by atoms with Crippen molar-refractivity contribution in [2.45, 2.75) is 0 Å². The van der Waals surface area contributed by atoms with Gasteiger partial charge in [-0.15, -0.1) is 0 Å². The van der Waals surface area contributed by atoms with E-state index in [1.54, 1.807) is 13.3 Å². The maximum absolute atomic E-state index is 6.28. The van der Waals surface area contributed by atoms with Crippen molar-refractivity contribution < 1.29 is 4.74 Å². The molecule has 0 amide bonds. The first-order chi connectivity index (χ1) is 13.2. The van der Waals surface area contributed by atoms with Gasteiger partial charge in [-0.05, 0) is 36.4 Å². The summed E-state index contributed by atoms with van der Waals surface area (Å²) >= 11 is 0. The van der Waals surface area contributed by atoms with E-state index in [4.69, 9.17) is 10.5 Å². The maximum Gasteiger partial charge on any atom is 0.159 e. The Morgan fingerprint density at radius 2 is 1.59 bits per heavy atom. The number of ether oxygens (including phenoxy) is 1. The van der Waals surface area contributed by atoms with Crippen molar-refractivity contribution in [3.8, 4) is 5.75 Å². The molecule has 0 spiro atoms. The SMILES string of the molecule is COc1ccc(Nc2ncnc(Nc3cccc4cccnc34)c2N)cc1. The van der Waals surface area contributed by atoms with Crippen molar-refractivity contribution in [2.24, 2.45) is 0 Å². The van der Waals surface area contributed by atoms with Gasteiger partial charge < -0.3 is 21.1 Å². The zero-order valence-corrected chi connectivity index (χ0v) is 14.7. The van der Waals surface area contributed by atoms with E-state index in [0.717, 1.165) is 28.0 Å². The second-order valence-corrected chi connectivity index (χ2v) is 5.84. The molecule has 4 N–H and O–H groups in total. The number of anilines is 5. The van der Waals surface area contributed by atoms with Crippen LogP contribution in [0.1, 0.15) is 0 Å². The highest BCUT2D eigenvalue weighted by Gasteiger charge is 2.10. The molecule has 4 aromatic rings. The Morgan fingerprint density at radius 1 is 0.852 bits per heavy atom. The number of nitrogens with one attached hydrogen (secondary N) is 2. The van der Waals surface area contributed by atoms with Gasteiger partial charge in [0, 0.05) is 17.3 Å². The van der Waals surface area contributed by atoms with Gasteiger partial charge in [0.1, 0.15) is 17.8 Å². The molecule has 27 heavy (non-hydrogen) atoms. The van der Waals surface area contributed by atoms with E-state index in [-0.39, 0.29) is 0 Å². The molecule has 134 valence electrons. The van der Waals surface area contributed by atoms with Gasteiger partial charge in [0.25, 0.3) is 0 Å². The van der Waals surface area contributed by atoms with E-state index < -0.39 is 0 Å². The van der Waals surface area contributed by atoms with Crippen LogP contribution in [-0.2, 0) is 0 Å². The number of fused-ring (bicyclic) bond motifs is 1. The lowest BCUT2D eigenvalue weighted by molar-refractivity contribution is 0.415. The monoisotopic (exact) mass is 358 g/mol. The summed E-state index contributed by atoms with van der Waals surface area (Å²) in [5.41, 5.74) is 9.23. The van der Waals surface area contributed by atoms with Crippen LogP contribution in [0.2, 0.25) is 0 Å². The molecule has 2 aromatic heterocycles. The lowest BCUT2D eigenvalue weighted by atomic mass is 10.2. The molecule has 0 radical (unpaired) electrons. The molecule has 2 aromatic carbocycles. The summed E-state index contributed by atoms with van der Waals surface area (Å²) in [4.78, 5) is 13.0. The molecule has 0 saturated carbocycles. The Hall–Kier alpha value is -3.87. The Kier molecular flexibility index (Phi) is 4.40. The number of para-hydroxylation sites is 1. The predicted octanol–water partition coefficient (Wildman–Crippen LogP) is 4.10. The van der Waals surface area contributed by atoms with Gasteiger partial charge >= 0.3 is 0 Å². The van der Waals surface area contributed by atoms with Crippen LogP contribution in [0.5, 0.6) is 5.75 Å². The number of pyridine rings is 1. The third-order valence-electron chi connectivity index (χ3n) is 4.12. The number of nitrogens with zero attached hydrogens (tertiary/aromatic N) is 3. The number of rotatable bonds is 5. The molecule has 0 atom stereocenters. The molecule has 0 fully saturated rings. The first kappa shape index (κ1) is 16.6. The Balaban J connectivity index is 1.63. The Morgan fingerprint density at radius 3 is 2.37 bits per heavy atom. The molecule has 0 unspecified atom stereocenters. The fourth-order valence-corrected chi connectivity index (χ4v) is 2.74. The van der Waals surface area contributed by atoms with Gasteiger partial charge in [-0.25, -0.2) is 9.97 Å². The van der Waals surface area contributed by atoms with Crippen molar-refractivity contribution in [2.75, 3.05) is 23.5 Å². The van der Waals surface area contributed by atoms with Crippen LogP contribution < -0.4 is 21.1 Å². The van der Waals surface area contributed by atoms with E-state index >= 15 is 0 Å². The van der Waals surface area contributed by atoms with Gasteiger partial charge in [-0.1, -0.05) is 18.2 Å². The molecule has 0 aliphatic heterocycles. The fraction of sp³-hybridized carbons (Fsp3) is 0.0500. The van der Waals surface area contributed by atoms with E-state index in [1.165, 1.54) is 6.33 Å².